The topological polar surface area (TPSA) is 79.4 Å². The first-order chi connectivity index (χ1) is 12.2. The number of benzene rings is 1. The largest absolute Gasteiger partial charge is 0.369 e. The lowest BCUT2D eigenvalue weighted by molar-refractivity contribution is 0.102. The molecule has 9 heteroatoms. The third-order valence-corrected chi connectivity index (χ3v) is 6.07. The average molecular weight is 381 g/mol. The lowest BCUT2D eigenvalue weighted by atomic mass is 10.2. The number of aromatic nitrogens is 1. The van der Waals surface area contributed by atoms with Crippen molar-refractivity contribution in [2.75, 3.05) is 28.8 Å². The number of carbonyl (C=O) groups is 1. The molecule has 0 radical (unpaired) electrons. The zero-order chi connectivity index (χ0) is 18.9. The maximum atomic E-state index is 13.6. The molecule has 1 aromatic heterocycles. The summed E-state index contributed by atoms with van der Waals surface area (Å²) in [5.74, 6) is -1.99. The molecule has 0 saturated carbocycles. The smallest absolute Gasteiger partial charge is 0.274 e. The van der Waals surface area contributed by atoms with Crippen LogP contribution in [0, 0.1) is 11.6 Å². The molecule has 1 amide bonds. The van der Waals surface area contributed by atoms with Gasteiger partial charge in [-0.2, -0.15) is 0 Å². The molecular formula is C17H17F2N3O3S. The second kappa shape index (κ2) is 6.99. The van der Waals surface area contributed by atoms with Crippen molar-refractivity contribution in [1.29, 1.82) is 0 Å². The summed E-state index contributed by atoms with van der Waals surface area (Å²) in [5.41, 5.74) is 0.595. The van der Waals surface area contributed by atoms with Gasteiger partial charge in [0, 0.05) is 19.2 Å². The van der Waals surface area contributed by atoms with Crippen molar-refractivity contribution in [1.82, 2.24) is 4.98 Å². The molecule has 26 heavy (non-hydrogen) atoms. The number of nitrogens with zero attached hydrogens (tertiary/aromatic N) is 2. The number of rotatable bonds is 4. The van der Waals surface area contributed by atoms with Crippen molar-refractivity contribution >= 4 is 27.1 Å². The van der Waals surface area contributed by atoms with Gasteiger partial charge in [0.1, 0.15) is 17.3 Å². The van der Waals surface area contributed by atoms with Gasteiger partial charge in [-0.15, -0.1) is 0 Å². The standard InChI is InChI=1S/C17H17F2N3O3S/c1-22(13-6-7-26(24,25)10-13)12-3-5-16(20-9-12)17(23)21-15-4-2-11(18)8-14(15)19/h2-5,8-9,13H,6-7,10H2,1H3,(H,21,23). The van der Waals surface area contributed by atoms with E-state index in [-0.39, 0.29) is 28.9 Å². The van der Waals surface area contributed by atoms with Crippen molar-refractivity contribution in [2.24, 2.45) is 0 Å². The highest BCUT2D eigenvalue weighted by molar-refractivity contribution is 7.91. The number of hydrogen-bond donors (Lipinski definition) is 1. The fourth-order valence-electron chi connectivity index (χ4n) is 2.80. The number of carbonyl (C=O) groups excluding carboxylic acids is 1. The van der Waals surface area contributed by atoms with E-state index in [4.69, 9.17) is 0 Å². The molecule has 2 aromatic rings. The first-order valence-corrected chi connectivity index (χ1v) is 9.73. The van der Waals surface area contributed by atoms with Gasteiger partial charge in [0.25, 0.3) is 5.91 Å². The maximum Gasteiger partial charge on any atom is 0.274 e. The number of pyridine rings is 1. The molecule has 1 fully saturated rings. The van der Waals surface area contributed by atoms with E-state index in [1.165, 1.54) is 12.3 Å². The molecule has 0 aliphatic carbocycles. The quantitative estimate of drug-likeness (QED) is 0.879. The van der Waals surface area contributed by atoms with Gasteiger partial charge in [-0.05, 0) is 30.7 Å². The number of amides is 1. The number of hydrogen-bond acceptors (Lipinski definition) is 5. The first kappa shape index (κ1) is 18.2. The minimum absolute atomic E-state index is 0.0601. The summed E-state index contributed by atoms with van der Waals surface area (Å²) in [6.45, 7) is 0. The van der Waals surface area contributed by atoms with E-state index in [1.807, 2.05) is 4.90 Å². The van der Waals surface area contributed by atoms with Gasteiger partial charge in [-0.1, -0.05) is 0 Å². The van der Waals surface area contributed by atoms with Crippen LogP contribution in [0.4, 0.5) is 20.2 Å². The second-order valence-electron chi connectivity index (χ2n) is 6.15. The molecule has 1 N–H and O–H groups in total. The SMILES string of the molecule is CN(c1ccc(C(=O)Nc2ccc(F)cc2F)nc1)C1CCS(=O)(=O)C1. The Morgan fingerprint density at radius 2 is 2.04 bits per heavy atom. The van der Waals surface area contributed by atoms with E-state index < -0.39 is 27.4 Å². The summed E-state index contributed by atoms with van der Waals surface area (Å²) in [7, 11) is -1.23. The van der Waals surface area contributed by atoms with E-state index in [9.17, 15) is 22.0 Å². The number of nitrogens with one attached hydrogen (secondary N) is 1. The molecule has 0 spiro atoms. The van der Waals surface area contributed by atoms with Gasteiger partial charge < -0.3 is 10.2 Å². The summed E-state index contributed by atoms with van der Waals surface area (Å²) >= 11 is 0. The predicted molar refractivity (Wildman–Crippen MR) is 94.0 cm³/mol. The summed E-state index contributed by atoms with van der Waals surface area (Å²) < 4.78 is 49.7. The van der Waals surface area contributed by atoms with E-state index in [1.54, 1.807) is 13.1 Å². The van der Waals surface area contributed by atoms with Crippen LogP contribution in [0.2, 0.25) is 0 Å². The Bertz CT molecular complexity index is 933. The minimum atomic E-state index is -3.00. The Kier molecular flexibility index (Phi) is 4.90. The Labute approximate surface area is 149 Å². The van der Waals surface area contributed by atoms with Gasteiger partial charge in [-0.25, -0.2) is 22.2 Å². The molecule has 1 saturated heterocycles. The average Bonchev–Trinajstić information content (AvgIpc) is 2.97. The van der Waals surface area contributed by atoms with Gasteiger partial charge >= 0.3 is 0 Å². The Morgan fingerprint density at radius 3 is 2.62 bits per heavy atom. The number of anilines is 2. The summed E-state index contributed by atoms with van der Waals surface area (Å²) in [6.07, 6.45) is 2.01. The first-order valence-electron chi connectivity index (χ1n) is 7.91. The monoisotopic (exact) mass is 381 g/mol. The number of sulfone groups is 1. The van der Waals surface area contributed by atoms with E-state index >= 15 is 0 Å². The van der Waals surface area contributed by atoms with Crippen LogP contribution in [0.1, 0.15) is 16.9 Å². The van der Waals surface area contributed by atoms with Gasteiger partial charge in [-0.3, -0.25) is 4.79 Å². The van der Waals surface area contributed by atoms with Crippen molar-refractivity contribution in [3.05, 3.63) is 53.9 Å². The van der Waals surface area contributed by atoms with Crippen molar-refractivity contribution < 1.29 is 22.0 Å². The van der Waals surface area contributed by atoms with Gasteiger partial charge in [0.05, 0.1) is 29.1 Å². The number of halogens is 2. The Balaban J connectivity index is 1.70. The lowest BCUT2D eigenvalue weighted by Gasteiger charge is -2.25. The molecule has 138 valence electrons. The molecule has 1 atom stereocenters. The molecule has 2 heterocycles. The third kappa shape index (κ3) is 3.98. The Hall–Kier alpha value is -2.55. The molecular weight excluding hydrogens is 364 g/mol. The van der Waals surface area contributed by atoms with Crippen molar-refractivity contribution in [3.8, 4) is 0 Å². The molecule has 0 bridgehead atoms. The van der Waals surface area contributed by atoms with Crippen LogP contribution in [-0.4, -0.2) is 43.9 Å². The molecule has 3 rings (SSSR count). The highest BCUT2D eigenvalue weighted by Gasteiger charge is 2.31. The van der Waals surface area contributed by atoms with E-state index in [0.717, 1.165) is 12.1 Å². The lowest BCUT2D eigenvalue weighted by Crippen LogP contribution is -2.32. The van der Waals surface area contributed by atoms with Gasteiger partial charge in [0.2, 0.25) is 0 Å². The molecule has 1 unspecified atom stereocenters. The van der Waals surface area contributed by atoms with E-state index in [2.05, 4.69) is 10.3 Å². The zero-order valence-corrected chi connectivity index (χ0v) is 14.8. The van der Waals surface area contributed by atoms with Crippen molar-refractivity contribution in [2.45, 2.75) is 12.5 Å². The summed E-state index contributed by atoms with van der Waals surface area (Å²) in [6, 6.07) is 5.83. The molecule has 1 aromatic carbocycles. The highest BCUT2D eigenvalue weighted by atomic mass is 32.2. The van der Waals surface area contributed by atoms with Crippen LogP contribution in [-0.2, 0) is 9.84 Å². The minimum Gasteiger partial charge on any atom is -0.369 e. The van der Waals surface area contributed by atoms with Crippen LogP contribution in [0.25, 0.3) is 0 Å². The molecule has 6 nitrogen and oxygen atoms in total. The van der Waals surface area contributed by atoms with Crippen LogP contribution in [0.5, 0.6) is 0 Å². The second-order valence-corrected chi connectivity index (χ2v) is 8.38. The summed E-state index contributed by atoms with van der Waals surface area (Å²) in [4.78, 5) is 18.0. The zero-order valence-electron chi connectivity index (χ0n) is 13.9. The van der Waals surface area contributed by atoms with Crippen LogP contribution in [0.15, 0.2) is 36.5 Å². The fourth-order valence-corrected chi connectivity index (χ4v) is 4.57. The Morgan fingerprint density at radius 1 is 1.27 bits per heavy atom. The van der Waals surface area contributed by atoms with Crippen LogP contribution in [0.3, 0.4) is 0 Å². The summed E-state index contributed by atoms with van der Waals surface area (Å²) in [5, 5.41) is 2.33. The van der Waals surface area contributed by atoms with Gasteiger partial charge in [0.15, 0.2) is 9.84 Å². The normalized spacial score (nSPS) is 18.5. The maximum absolute atomic E-state index is 13.6. The third-order valence-electron chi connectivity index (χ3n) is 4.32. The van der Waals surface area contributed by atoms with Crippen molar-refractivity contribution in [3.63, 3.8) is 0 Å². The molecule has 1 aliphatic rings. The fraction of sp³-hybridized carbons (Fsp3) is 0.294. The van der Waals surface area contributed by atoms with Crippen LogP contribution >= 0.6 is 0 Å². The highest BCUT2D eigenvalue weighted by Crippen LogP contribution is 2.23. The predicted octanol–water partition coefficient (Wildman–Crippen LogP) is 2.24. The van der Waals surface area contributed by atoms with Crippen LogP contribution < -0.4 is 10.2 Å². The van der Waals surface area contributed by atoms with E-state index in [0.29, 0.717) is 18.2 Å². The molecule has 1 aliphatic heterocycles.